The van der Waals surface area contributed by atoms with Crippen molar-refractivity contribution in [3.63, 3.8) is 0 Å². The van der Waals surface area contributed by atoms with Crippen molar-refractivity contribution in [2.75, 3.05) is 19.8 Å². The summed E-state index contributed by atoms with van der Waals surface area (Å²) in [5, 5.41) is 2.65. The van der Waals surface area contributed by atoms with Crippen LogP contribution in [0.3, 0.4) is 0 Å². The van der Waals surface area contributed by atoms with Crippen molar-refractivity contribution in [2.24, 2.45) is 0 Å². The third kappa shape index (κ3) is 7.88. The van der Waals surface area contributed by atoms with E-state index in [4.69, 9.17) is 28.4 Å². The monoisotopic (exact) mass is 431 g/mol. The topological polar surface area (TPSA) is 139 Å². The number of nitrogens with one attached hydrogen (secondary N) is 1. The van der Waals surface area contributed by atoms with Crippen LogP contribution in [0.2, 0.25) is 0 Å². The maximum Gasteiger partial charge on any atom is 0.303 e. The minimum Gasteiger partial charge on any atom is -0.463 e. The molecule has 0 aliphatic carbocycles. The van der Waals surface area contributed by atoms with Crippen molar-refractivity contribution < 1.29 is 47.6 Å². The molecule has 30 heavy (non-hydrogen) atoms. The van der Waals surface area contributed by atoms with Crippen LogP contribution in [0.15, 0.2) is 0 Å². The van der Waals surface area contributed by atoms with E-state index in [0.29, 0.717) is 13.0 Å². The highest BCUT2D eigenvalue weighted by molar-refractivity contribution is 5.73. The molecule has 0 aromatic rings. The second kappa shape index (κ2) is 11.2. The molecule has 1 amide bonds. The largest absolute Gasteiger partial charge is 0.463 e. The van der Waals surface area contributed by atoms with E-state index in [1.807, 2.05) is 0 Å². The smallest absolute Gasteiger partial charge is 0.303 e. The number of carbonyl (C=O) groups excluding carboxylic acids is 4. The summed E-state index contributed by atoms with van der Waals surface area (Å²) in [6, 6.07) is -0.943. The summed E-state index contributed by atoms with van der Waals surface area (Å²) >= 11 is 0. The lowest BCUT2D eigenvalue weighted by atomic mass is 9.96. The molecule has 6 atom stereocenters. The lowest BCUT2D eigenvalue weighted by molar-refractivity contribution is -0.277. The van der Waals surface area contributed by atoms with Crippen LogP contribution >= 0.6 is 0 Å². The van der Waals surface area contributed by atoms with Crippen LogP contribution in [0.25, 0.3) is 0 Å². The van der Waals surface area contributed by atoms with Gasteiger partial charge in [-0.3, -0.25) is 19.2 Å². The first-order valence-corrected chi connectivity index (χ1v) is 9.81. The maximum absolute atomic E-state index is 11.8. The summed E-state index contributed by atoms with van der Waals surface area (Å²) in [7, 11) is 0. The van der Waals surface area contributed by atoms with E-state index >= 15 is 0 Å². The highest BCUT2D eigenvalue weighted by Crippen LogP contribution is 2.28. The molecule has 0 saturated carbocycles. The summed E-state index contributed by atoms with van der Waals surface area (Å²) in [5.74, 6) is -2.28. The fourth-order valence-corrected chi connectivity index (χ4v) is 3.18. The average molecular weight is 431 g/mol. The van der Waals surface area contributed by atoms with Gasteiger partial charge in [0.25, 0.3) is 0 Å². The molecule has 2 saturated heterocycles. The lowest BCUT2D eigenvalue weighted by Gasteiger charge is -2.44. The van der Waals surface area contributed by atoms with Crippen molar-refractivity contribution in [2.45, 2.75) is 77.3 Å². The Balaban J connectivity index is 2.22. The Hall–Kier alpha value is -2.24. The molecule has 1 N–H and O–H groups in total. The first-order valence-electron chi connectivity index (χ1n) is 9.81. The first kappa shape index (κ1) is 24.0. The molecule has 0 spiro atoms. The summed E-state index contributed by atoms with van der Waals surface area (Å²) in [6.07, 6.45) is -2.47. The minimum absolute atomic E-state index is 0.242. The van der Waals surface area contributed by atoms with E-state index in [1.165, 1.54) is 27.7 Å². The van der Waals surface area contributed by atoms with Gasteiger partial charge in [0.15, 0.2) is 18.5 Å². The maximum atomic E-state index is 11.8. The summed E-state index contributed by atoms with van der Waals surface area (Å²) in [6.45, 7) is 5.66. The van der Waals surface area contributed by atoms with Gasteiger partial charge in [0.05, 0.1) is 12.7 Å². The Labute approximate surface area is 174 Å². The van der Waals surface area contributed by atoms with E-state index in [-0.39, 0.29) is 12.7 Å². The molecule has 0 aromatic heterocycles. The molecule has 2 rings (SSSR count). The van der Waals surface area contributed by atoms with Crippen molar-refractivity contribution in [1.29, 1.82) is 0 Å². The van der Waals surface area contributed by atoms with Crippen molar-refractivity contribution in [3.05, 3.63) is 0 Å². The molecule has 0 bridgehead atoms. The number of rotatable bonds is 10. The van der Waals surface area contributed by atoms with Gasteiger partial charge < -0.3 is 33.7 Å². The van der Waals surface area contributed by atoms with Crippen LogP contribution in [0, 0.1) is 0 Å². The zero-order chi connectivity index (χ0) is 22.3. The quantitative estimate of drug-likeness (QED) is 0.215. The minimum atomic E-state index is -1.12. The van der Waals surface area contributed by atoms with Gasteiger partial charge in [0.1, 0.15) is 18.8 Å². The molecule has 0 unspecified atom stereocenters. The summed E-state index contributed by atoms with van der Waals surface area (Å²) in [4.78, 5) is 46.5. The van der Waals surface area contributed by atoms with Crippen LogP contribution in [0.1, 0.15) is 40.5 Å². The summed E-state index contributed by atoms with van der Waals surface area (Å²) < 4.78 is 32.6. The van der Waals surface area contributed by atoms with Crippen LogP contribution in [0.5, 0.6) is 0 Å². The predicted octanol–water partition coefficient (Wildman–Crippen LogP) is -0.162. The SMILES string of the molecule is CC(=O)N[C@H]1[C@H](OCCC[C@@H]2CO2)O[C@H](COC(C)=O)[C@@H](OC(C)=O)[C@@H]1OC(C)=O. The number of ether oxygens (including phenoxy) is 6. The van der Waals surface area contributed by atoms with Gasteiger partial charge in [-0.25, -0.2) is 0 Å². The van der Waals surface area contributed by atoms with Gasteiger partial charge in [0, 0.05) is 34.3 Å². The van der Waals surface area contributed by atoms with Gasteiger partial charge in [-0.1, -0.05) is 0 Å². The van der Waals surface area contributed by atoms with Gasteiger partial charge in [-0.15, -0.1) is 0 Å². The highest BCUT2D eigenvalue weighted by atomic mass is 16.7. The lowest BCUT2D eigenvalue weighted by Crippen LogP contribution is -2.66. The normalized spacial score (nSPS) is 30.1. The van der Waals surface area contributed by atoms with E-state index in [2.05, 4.69) is 5.32 Å². The third-order valence-electron chi connectivity index (χ3n) is 4.43. The number of hydrogen-bond acceptors (Lipinski definition) is 10. The average Bonchev–Trinajstić information content (AvgIpc) is 3.44. The molecule has 2 aliphatic heterocycles. The Bertz CT molecular complexity index is 635. The van der Waals surface area contributed by atoms with E-state index < -0.39 is 54.5 Å². The molecule has 0 radical (unpaired) electrons. The van der Waals surface area contributed by atoms with E-state index in [0.717, 1.165) is 13.0 Å². The molecule has 2 fully saturated rings. The molecule has 2 aliphatic rings. The molecule has 0 aromatic carbocycles. The first-order chi connectivity index (χ1) is 14.2. The Morgan fingerprint density at radius 2 is 1.60 bits per heavy atom. The zero-order valence-corrected chi connectivity index (χ0v) is 17.6. The molecule has 11 heteroatoms. The fraction of sp³-hybridized carbons (Fsp3) is 0.789. The van der Waals surface area contributed by atoms with Crippen LogP contribution in [0.4, 0.5) is 0 Å². The third-order valence-corrected chi connectivity index (χ3v) is 4.43. The number of carbonyl (C=O) groups is 4. The van der Waals surface area contributed by atoms with E-state index in [9.17, 15) is 19.2 Å². The van der Waals surface area contributed by atoms with Gasteiger partial charge in [0.2, 0.25) is 5.91 Å². The second-order valence-electron chi connectivity index (χ2n) is 7.19. The highest BCUT2D eigenvalue weighted by Gasteiger charge is 2.51. The number of epoxide rings is 1. The standard InChI is InChI=1S/C19H29NO10/c1-10(21)20-16-18(29-13(4)24)17(28-12(3)23)15(9-26-11(2)22)30-19(16)25-7-5-6-14-8-27-14/h14-19H,5-9H2,1-4H3,(H,20,21)/t14-,15-,16-,17-,18-,19-/m1/s1. The van der Waals surface area contributed by atoms with Crippen LogP contribution in [-0.2, 0) is 47.6 Å². The number of esters is 3. The second-order valence-corrected chi connectivity index (χ2v) is 7.19. The number of amides is 1. The zero-order valence-electron chi connectivity index (χ0n) is 17.6. The Morgan fingerprint density at radius 1 is 0.967 bits per heavy atom. The molecule has 170 valence electrons. The molecular formula is C19H29NO10. The van der Waals surface area contributed by atoms with Gasteiger partial charge in [-0.2, -0.15) is 0 Å². The molecular weight excluding hydrogens is 402 g/mol. The van der Waals surface area contributed by atoms with Gasteiger partial charge in [-0.05, 0) is 12.8 Å². The van der Waals surface area contributed by atoms with Crippen LogP contribution < -0.4 is 5.32 Å². The molecule has 2 heterocycles. The van der Waals surface area contributed by atoms with E-state index in [1.54, 1.807) is 0 Å². The summed E-state index contributed by atoms with van der Waals surface area (Å²) in [5.41, 5.74) is 0. The number of hydrogen-bond donors (Lipinski definition) is 1. The molecule has 11 nitrogen and oxygen atoms in total. The predicted molar refractivity (Wildman–Crippen MR) is 98.9 cm³/mol. The van der Waals surface area contributed by atoms with Crippen molar-refractivity contribution >= 4 is 23.8 Å². The fourth-order valence-electron chi connectivity index (χ4n) is 3.18. The Kier molecular flexibility index (Phi) is 9.00. The van der Waals surface area contributed by atoms with Crippen molar-refractivity contribution in [1.82, 2.24) is 5.32 Å². The Morgan fingerprint density at radius 3 is 2.13 bits per heavy atom. The van der Waals surface area contributed by atoms with Crippen molar-refractivity contribution in [3.8, 4) is 0 Å². The van der Waals surface area contributed by atoms with Crippen LogP contribution in [-0.4, -0.2) is 80.4 Å². The van der Waals surface area contributed by atoms with Gasteiger partial charge >= 0.3 is 17.9 Å².